The van der Waals surface area contributed by atoms with Gasteiger partial charge in [0.15, 0.2) is 0 Å². The number of hydrogen-bond donors (Lipinski definition) is 1. The number of nitrogens with one attached hydrogen (secondary N) is 1. The predicted octanol–water partition coefficient (Wildman–Crippen LogP) is 3.84. The lowest BCUT2D eigenvalue weighted by Gasteiger charge is -2.33. The molecule has 112 valence electrons. The minimum atomic E-state index is 0.605. The number of likely N-dealkylation sites (tertiary alicyclic amines) is 1. The topological polar surface area (TPSA) is 15.3 Å². The van der Waals surface area contributed by atoms with E-state index < -0.39 is 0 Å². The van der Waals surface area contributed by atoms with Crippen LogP contribution in [0.2, 0.25) is 0 Å². The molecule has 0 spiro atoms. The quantitative estimate of drug-likeness (QED) is 0.887. The van der Waals surface area contributed by atoms with E-state index in [1.54, 1.807) is 10.4 Å². The molecule has 1 N–H and O–H groups in total. The van der Waals surface area contributed by atoms with Crippen molar-refractivity contribution in [3.63, 3.8) is 0 Å². The Morgan fingerprint density at radius 1 is 1.30 bits per heavy atom. The van der Waals surface area contributed by atoms with Crippen LogP contribution in [-0.4, -0.2) is 30.6 Å². The van der Waals surface area contributed by atoms with Crippen molar-refractivity contribution < 1.29 is 0 Å². The third-order valence-electron chi connectivity index (χ3n) is 5.00. The summed E-state index contributed by atoms with van der Waals surface area (Å²) in [6.45, 7) is 8.51. The number of aryl methyl sites for hydroxylation is 1. The number of thiophene rings is 1. The van der Waals surface area contributed by atoms with Gasteiger partial charge in [-0.05, 0) is 68.1 Å². The van der Waals surface area contributed by atoms with Gasteiger partial charge < -0.3 is 5.32 Å². The summed E-state index contributed by atoms with van der Waals surface area (Å²) in [5.74, 6) is 0.742. The standard InChI is InChI=1S/C17H28N2S/c1-13(2)16(19-9-3-4-10-19)12-18-15-6-5-7-17-14(15)8-11-20-17/h8,11,13,15-16,18H,3-7,9-10,12H2,1-2H3. The lowest BCUT2D eigenvalue weighted by atomic mass is 9.93. The fraction of sp³-hybridized carbons (Fsp3) is 0.765. The van der Waals surface area contributed by atoms with Crippen molar-refractivity contribution in [3.05, 3.63) is 21.9 Å². The van der Waals surface area contributed by atoms with Crippen LogP contribution in [0.25, 0.3) is 0 Å². The lowest BCUT2D eigenvalue weighted by Crippen LogP contribution is -2.45. The van der Waals surface area contributed by atoms with Crippen molar-refractivity contribution in [2.24, 2.45) is 5.92 Å². The Hall–Kier alpha value is -0.380. The van der Waals surface area contributed by atoms with Crippen molar-refractivity contribution in [1.82, 2.24) is 10.2 Å². The SMILES string of the molecule is CC(C)C(CNC1CCCc2sccc21)N1CCCC1. The van der Waals surface area contributed by atoms with Crippen LogP contribution in [0.3, 0.4) is 0 Å². The Morgan fingerprint density at radius 3 is 2.85 bits per heavy atom. The number of hydrogen-bond acceptors (Lipinski definition) is 3. The van der Waals surface area contributed by atoms with Crippen LogP contribution in [0, 0.1) is 5.92 Å². The van der Waals surface area contributed by atoms with E-state index in [0.717, 1.165) is 12.5 Å². The zero-order chi connectivity index (χ0) is 13.9. The smallest absolute Gasteiger partial charge is 0.0332 e. The van der Waals surface area contributed by atoms with E-state index in [0.29, 0.717) is 12.1 Å². The van der Waals surface area contributed by atoms with Crippen molar-refractivity contribution in [2.75, 3.05) is 19.6 Å². The highest BCUT2D eigenvalue weighted by Gasteiger charge is 2.27. The Kier molecular flexibility index (Phi) is 4.79. The molecule has 2 aliphatic rings. The highest BCUT2D eigenvalue weighted by atomic mass is 32.1. The summed E-state index contributed by atoms with van der Waals surface area (Å²) in [5.41, 5.74) is 1.59. The summed E-state index contributed by atoms with van der Waals surface area (Å²) in [6, 6.07) is 3.66. The summed E-state index contributed by atoms with van der Waals surface area (Å²) >= 11 is 1.94. The molecule has 1 aromatic rings. The maximum Gasteiger partial charge on any atom is 0.0332 e. The van der Waals surface area contributed by atoms with Gasteiger partial charge in [0, 0.05) is 23.5 Å². The highest BCUT2D eigenvalue weighted by Crippen LogP contribution is 2.33. The van der Waals surface area contributed by atoms with E-state index in [4.69, 9.17) is 0 Å². The average molecular weight is 292 g/mol. The van der Waals surface area contributed by atoms with Gasteiger partial charge in [-0.2, -0.15) is 0 Å². The van der Waals surface area contributed by atoms with Gasteiger partial charge in [-0.15, -0.1) is 11.3 Å². The third kappa shape index (κ3) is 3.10. The van der Waals surface area contributed by atoms with Crippen molar-refractivity contribution in [3.8, 4) is 0 Å². The van der Waals surface area contributed by atoms with Gasteiger partial charge in [0.2, 0.25) is 0 Å². The van der Waals surface area contributed by atoms with Crippen LogP contribution < -0.4 is 5.32 Å². The van der Waals surface area contributed by atoms with E-state index >= 15 is 0 Å². The highest BCUT2D eigenvalue weighted by molar-refractivity contribution is 7.10. The van der Waals surface area contributed by atoms with Crippen molar-refractivity contribution >= 4 is 11.3 Å². The predicted molar refractivity (Wildman–Crippen MR) is 87.4 cm³/mol. The molecule has 1 aliphatic heterocycles. The summed E-state index contributed by atoms with van der Waals surface area (Å²) in [4.78, 5) is 4.32. The molecule has 20 heavy (non-hydrogen) atoms. The molecule has 1 aliphatic carbocycles. The van der Waals surface area contributed by atoms with Gasteiger partial charge in [-0.1, -0.05) is 13.8 Å². The monoisotopic (exact) mass is 292 g/mol. The molecular weight excluding hydrogens is 264 g/mol. The molecule has 2 atom stereocenters. The minimum absolute atomic E-state index is 0.605. The first-order chi connectivity index (χ1) is 9.75. The van der Waals surface area contributed by atoms with E-state index in [1.165, 1.54) is 45.2 Å². The molecule has 0 aromatic carbocycles. The van der Waals surface area contributed by atoms with Gasteiger partial charge in [0.05, 0.1) is 0 Å². The van der Waals surface area contributed by atoms with Crippen molar-refractivity contribution in [1.29, 1.82) is 0 Å². The van der Waals surface area contributed by atoms with Gasteiger partial charge in [-0.3, -0.25) is 4.90 Å². The normalized spacial score (nSPS) is 25.1. The molecule has 3 heteroatoms. The van der Waals surface area contributed by atoms with Crippen LogP contribution in [0.4, 0.5) is 0 Å². The van der Waals surface area contributed by atoms with Gasteiger partial charge in [-0.25, -0.2) is 0 Å². The van der Waals surface area contributed by atoms with Gasteiger partial charge in [0.25, 0.3) is 0 Å². The molecule has 0 amide bonds. The molecule has 1 saturated heterocycles. The second kappa shape index (κ2) is 6.59. The summed E-state index contributed by atoms with van der Waals surface area (Å²) in [5, 5.41) is 6.16. The zero-order valence-electron chi connectivity index (χ0n) is 12.9. The number of fused-ring (bicyclic) bond motifs is 1. The van der Waals surface area contributed by atoms with Gasteiger partial charge >= 0.3 is 0 Å². The second-order valence-corrected chi connectivity index (χ2v) is 7.71. The Balaban J connectivity index is 1.61. The summed E-state index contributed by atoms with van der Waals surface area (Å²) < 4.78 is 0. The van der Waals surface area contributed by atoms with E-state index in [9.17, 15) is 0 Å². The molecule has 0 saturated carbocycles. The van der Waals surface area contributed by atoms with Crippen LogP contribution in [0.5, 0.6) is 0 Å². The number of rotatable bonds is 5. The zero-order valence-corrected chi connectivity index (χ0v) is 13.7. The second-order valence-electron chi connectivity index (χ2n) is 6.71. The molecule has 3 rings (SSSR count). The average Bonchev–Trinajstić information content (AvgIpc) is 3.09. The van der Waals surface area contributed by atoms with Crippen LogP contribution in [0.15, 0.2) is 11.4 Å². The molecule has 0 bridgehead atoms. The molecule has 2 unspecified atom stereocenters. The van der Waals surface area contributed by atoms with Crippen LogP contribution in [0.1, 0.15) is 56.0 Å². The van der Waals surface area contributed by atoms with E-state index in [-0.39, 0.29) is 0 Å². The van der Waals surface area contributed by atoms with Crippen molar-refractivity contribution in [2.45, 2.75) is 58.0 Å². The largest absolute Gasteiger partial charge is 0.308 e. The minimum Gasteiger partial charge on any atom is -0.308 e. The molecular formula is C17H28N2S. The maximum absolute atomic E-state index is 3.89. The van der Waals surface area contributed by atoms with Crippen LogP contribution >= 0.6 is 11.3 Å². The lowest BCUT2D eigenvalue weighted by molar-refractivity contribution is 0.180. The first-order valence-electron chi connectivity index (χ1n) is 8.29. The van der Waals surface area contributed by atoms with E-state index in [1.807, 2.05) is 11.3 Å². The Morgan fingerprint density at radius 2 is 2.10 bits per heavy atom. The maximum atomic E-state index is 3.89. The fourth-order valence-corrected chi connectivity index (χ4v) is 4.81. The number of nitrogens with zero attached hydrogens (tertiary/aromatic N) is 1. The Labute approximate surface area is 127 Å². The van der Waals surface area contributed by atoms with E-state index in [2.05, 4.69) is 35.5 Å². The fourth-order valence-electron chi connectivity index (χ4n) is 3.82. The first-order valence-corrected chi connectivity index (χ1v) is 9.17. The third-order valence-corrected chi connectivity index (χ3v) is 6.00. The molecule has 2 heterocycles. The molecule has 1 aromatic heterocycles. The molecule has 2 nitrogen and oxygen atoms in total. The summed E-state index contributed by atoms with van der Waals surface area (Å²) in [6.07, 6.45) is 6.74. The summed E-state index contributed by atoms with van der Waals surface area (Å²) in [7, 11) is 0. The molecule has 1 fully saturated rings. The Bertz CT molecular complexity index is 420. The van der Waals surface area contributed by atoms with Crippen LogP contribution in [-0.2, 0) is 6.42 Å². The molecule has 0 radical (unpaired) electrons. The first kappa shape index (κ1) is 14.6. The van der Waals surface area contributed by atoms with Gasteiger partial charge in [0.1, 0.15) is 0 Å².